The Morgan fingerprint density at radius 2 is 1.61 bits per heavy atom. The van der Waals surface area contributed by atoms with Crippen molar-refractivity contribution in [3.63, 3.8) is 0 Å². The standard InChI is InChI=1S/C12H12F2N4/c1-7-11(8(2)18(3)17-7)15-16-12-9(13)5-4-6-10(12)14/h4-6H,1-3H3. The molecule has 4 nitrogen and oxygen atoms in total. The van der Waals surface area contributed by atoms with Crippen molar-refractivity contribution in [2.45, 2.75) is 13.8 Å². The highest BCUT2D eigenvalue weighted by atomic mass is 19.1. The van der Waals surface area contributed by atoms with Gasteiger partial charge in [-0.3, -0.25) is 4.68 Å². The summed E-state index contributed by atoms with van der Waals surface area (Å²) < 4.78 is 28.3. The van der Waals surface area contributed by atoms with E-state index in [0.29, 0.717) is 11.4 Å². The van der Waals surface area contributed by atoms with Crippen LogP contribution in [0.4, 0.5) is 20.2 Å². The Labute approximate surface area is 103 Å². The van der Waals surface area contributed by atoms with Gasteiger partial charge < -0.3 is 0 Å². The molecule has 2 aromatic rings. The smallest absolute Gasteiger partial charge is 0.157 e. The first-order valence-electron chi connectivity index (χ1n) is 5.36. The van der Waals surface area contributed by atoms with Gasteiger partial charge in [0.15, 0.2) is 17.3 Å². The fourth-order valence-corrected chi connectivity index (χ4v) is 1.59. The monoisotopic (exact) mass is 250 g/mol. The van der Waals surface area contributed by atoms with Crippen LogP contribution in [0, 0.1) is 25.5 Å². The summed E-state index contributed by atoms with van der Waals surface area (Å²) in [6.45, 7) is 3.57. The highest BCUT2D eigenvalue weighted by Gasteiger charge is 2.10. The average molecular weight is 250 g/mol. The minimum atomic E-state index is -0.738. The molecule has 1 heterocycles. The lowest BCUT2D eigenvalue weighted by molar-refractivity contribution is 0.585. The van der Waals surface area contributed by atoms with Crippen molar-refractivity contribution in [3.05, 3.63) is 41.2 Å². The lowest BCUT2D eigenvalue weighted by atomic mass is 10.3. The number of benzene rings is 1. The quantitative estimate of drug-likeness (QED) is 0.749. The van der Waals surface area contributed by atoms with Gasteiger partial charge in [-0.05, 0) is 26.0 Å². The Morgan fingerprint density at radius 3 is 2.11 bits per heavy atom. The molecular weight excluding hydrogens is 238 g/mol. The summed E-state index contributed by atoms with van der Waals surface area (Å²) >= 11 is 0. The van der Waals surface area contributed by atoms with Crippen LogP contribution in [-0.2, 0) is 7.05 Å². The van der Waals surface area contributed by atoms with Crippen LogP contribution >= 0.6 is 0 Å². The van der Waals surface area contributed by atoms with E-state index >= 15 is 0 Å². The molecule has 0 aliphatic heterocycles. The molecule has 0 amide bonds. The van der Waals surface area contributed by atoms with Crippen molar-refractivity contribution in [2.24, 2.45) is 17.3 Å². The number of hydrogen-bond donors (Lipinski definition) is 0. The molecule has 18 heavy (non-hydrogen) atoms. The summed E-state index contributed by atoms with van der Waals surface area (Å²) in [6, 6.07) is 3.56. The molecule has 0 bridgehead atoms. The van der Waals surface area contributed by atoms with E-state index in [4.69, 9.17) is 0 Å². The molecule has 0 saturated heterocycles. The first-order chi connectivity index (χ1) is 8.50. The molecule has 0 aliphatic rings. The highest BCUT2D eigenvalue weighted by molar-refractivity contribution is 5.47. The molecule has 0 N–H and O–H groups in total. The van der Waals surface area contributed by atoms with Crippen molar-refractivity contribution in [2.75, 3.05) is 0 Å². The van der Waals surface area contributed by atoms with E-state index in [1.54, 1.807) is 18.7 Å². The number of rotatable bonds is 2. The lowest BCUT2D eigenvalue weighted by Gasteiger charge is -1.97. The second kappa shape index (κ2) is 4.64. The molecule has 1 aromatic carbocycles. The van der Waals surface area contributed by atoms with Crippen molar-refractivity contribution in [1.82, 2.24) is 9.78 Å². The topological polar surface area (TPSA) is 42.5 Å². The number of aromatic nitrogens is 2. The SMILES string of the molecule is Cc1nn(C)c(C)c1N=Nc1c(F)cccc1F. The zero-order valence-corrected chi connectivity index (χ0v) is 10.3. The number of azo groups is 1. The number of nitrogens with zero attached hydrogens (tertiary/aromatic N) is 4. The van der Waals surface area contributed by atoms with E-state index in [9.17, 15) is 8.78 Å². The molecule has 0 spiro atoms. The third-order valence-electron chi connectivity index (χ3n) is 2.66. The van der Waals surface area contributed by atoms with E-state index in [-0.39, 0.29) is 5.69 Å². The summed E-state index contributed by atoms with van der Waals surface area (Å²) in [5.74, 6) is -1.48. The van der Waals surface area contributed by atoms with Crippen LogP contribution in [0.5, 0.6) is 0 Å². The molecule has 2 rings (SSSR count). The van der Waals surface area contributed by atoms with Gasteiger partial charge in [0, 0.05) is 7.05 Å². The van der Waals surface area contributed by atoms with Gasteiger partial charge >= 0.3 is 0 Å². The molecule has 0 atom stereocenters. The van der Waals surface area contributed by atoms with E-state index in [2.05, 4.69) is 15.3 Å². The van der Waals surface area contributed by atoms with E-state index in [0.717, 1.165) is 17.8 Å². The van der Waals surface area contributed by atoms with E-state index in [1.165, 1.54) is 6.07 Å². The maximum absolute atomic E-state index is 13.3. The third kappa shape index (κ3) is 2.13. The van der Waals surface area contributed by atoms with Gasteiger partial charge in [0.2, 0.25) is 0 Å². The molecule has 6 heteroatoms. The molecule has 94 valence electrons. The maximum Gasteiger partial charge on any atom is 0.157 e. The highest BCUT2D eigenvalue weighted by Crippen LogP contribution is 2.27. The van der Waals surface area contributed by atoms with Crippen LogP contribution in [0.2, 0.25) is 0 Å². The predicted molar refractivity (Wildman–Crippen MR) is 63.2 cm³/mol. The van der Waals surface area contributed by atoms with Crippen LogP contribution in [0.1, 0.15) is 11.4 Å². The Morgan fingerprint density at radius 1 is 1.06 bits per heavy atom. The van der Waals surface area contributed by atoms with Crippen molar-refractivity contribution in [3.8, 4) is 0 Å². The van der Waals surface area contributed by atoms with Gasteiger partial charge in [0.1, 0.15) is 5.69 Å². The van der Waals surface area contributed by atoms with Crippen molar-refractivity contribution >= 4 is 11.4 Å². The van der Waals surface area contributed by atoms with Gasteiger partial charge in [-0.25, -0.2) is 8.78 Å². The zero-order chi connectivity index (χ0) is 13.3. The van der Waals surface area contributed by atoms with Crippen LogP contribution in [0.25, 0.3) is 0 Å². The minimum absolute atomic E-state index is 0.389. The fraction of sp³-hybridized carbons (Fsp3) is 0.250. The minimum Gasteiger partial charge on any atom is -0.270 e. The molecule has 0 saturated carbocycles. The summed E-state index contributed by atoms with van der Waals surface area (Å²) in [4.78, 5) is 0. The van der Waals surface area contributed by atoms with Crippen LogP contribution in [0.3, 0.4) is 0 Å². The number of aryl methyl sites for hydroxylation is 2. The third-order valence-corrected chi connectivity index (χ3v) is 2.66. The Bertz CT molecular complexity index is 597. The number of halogens is 2. The molecular formula is C12H12F2N4. The largest absolute Gasteiger partial charge is 0.270 e. The van der Waals surface area contributed by atoms with Crippen LogP contribution < -0.4 is 0 Å². The van der Waals surface area contributed by atoms with Crippen molar-refractivity contribution in [1.29, 1.82) is 0 Å². The van der Waals surface area contributed by atoms with Crippen LogP contribution in [-0.4, -0.2) is 9.78 Å². The summed E-state index contributed by atoms with van der Waals surface area (Å²) in [5, 5.41) is 11.7. The predicted octanol–water partition coefficient (Wildman–Crippen LogP) is 3.73. The second-order valence-corrected chi connectivity index (χ2v) is 3.91. The van der Waals surface area contributed by atoms with Gasteiger partial charge in [-0.2, -0.15) is 5.10 Å². The second-order valence-electron chi connectivity index (χ2n) is 3.91. The maximum atomic E-state index is 13.3. The Kier molecular flexibility index (Phi) is 3.18. The zero-order valence-electron chi connectivity index (χ0n) is 10.3. The average Bonchev–Trinajstić information content (AvgIpc) is 2.54. The Balaban J connectivity index is 2.42. The van der Waals surface area contributed by atoms with Gasteiger partial charge in [0.25, 0.3) is 0 Å². The Hall–Kier alpha value is -2.11. The molecule has 0 unspecified atom stereocenters. The van der Waals surface area contributed by atoms with Crippen molar-refractivity contribution < 1.29 is 8.78 Å². The fourth-order valence-electron chi connectivity index (χ4n) is 1.59. The summed E-state index contributed by atoms with van der Waals surface area (Å²) in [7, 11) is 1.77. The lowest BCUT2D eigenvalue weighted by Crippen LogP contribution is -1.91. The molecule has 1 aromatic heterocycles. The van der Waals surface area contributed by atoms with E-state index in [1.807, 2.05) is 6.92 Å². The van der Waals surface area contributed by atoms with Crippen LogP contribution in [0.15, 0.2) is 28.4 Å². The first-order valence-corrected chi connectivity index (χ1v) is 5.36. The number of hydrogen-bond acceptors (Lipinski definition) is 3. The van der Waals surface area contributed by atoms with Gasteiger partial charge in [-0.1, -0.05) is 6.07 Å². The van der Waals surface area contributed by atoms with Gasteiger partial charge in [0.05, 0.1) is 11.4 Å². The first kappa shape index (κ1) is 12.3. The van der Waals surface area contributed by atoms with Gasteiger partial charge in [-0.15, -0.1) is 10.2 Å². The molecule has 0 radical (unpaired) electrons. The summed E-state index contributed by atoms with van der Waals surface area (Å²) in [5.41, 5.74) is 1.59. The molecule has 0 fully saturated rings. The van der Waals surface area contributed by atoms with E-state index < -0.39 is 11.6 Å². The normalized spacial score (nSPS) is 11.4. The summed E-state index contributed by atoms with van der Waals surface area (Å²) in [6.07, 6.45) is 0. The molecule has 0 aliphatic carbocycles.